The molecular weight excluding hydrogens is 750 g/mol. The first-order chi connectivity index (χ1) is 28.0. The van der Waals surface area contributed by atoms with E-state index in [1.165, 1.54) is 64.2 Å². The number of unbranched alkanes of at least 4 members (excludes halogenated alkanes) is 11. The Kier molecular flexibility index (Phi) is 37.8. The molecule has 0 radical (unpaired) electrons. The van der Waals surface area contributed by atoms with Crippen molar-refractivity contribution in [3.63, 3.8) is 0 Å². The number of carbonyl (C=O) groups is 1. The van der Waals surface area contributed by atoms with Gasteiger partial charge in [-0.1, -0.05) is 144 Å². The number of esters is 1. The first kappa shape index (κ1) is 55.2. The minimum Gasteiger partial charge on any atom is -0.756 e. The molecule has 0 rings (SSSR count). The predicted octanol–water partition coefficient (Wildman–Crippen LogP) is 11.7. The molecule has 0 aliphatic heterocycles. The van der Waals surface area contributed by atoms with Crippen molar-refractivity contribution >= 4 is 13.8 Å². The molecule has 0 aromatic rings. The van der Waals surface area contributed by atoms with Crippen LogP contribution in [0.15, 0.2) is 97.4 Å². The van der Waals surface area contributed by atoms with Crippen LogP contribution in [0.4, 0.5) is 0 Å². The van der Waals surface area contributed by atoms with E-state index in [4.69, 9.17) is 18.5 Å². The Morgan fingerprint density at radius 2 is 1.24 bits per heavy atom. The fourth-order valence-electron chi connectivity index (χ4n) is 5.28. The Labute approximate surface area is 354 Å². The van der Waals surface area contributed by atoms with E-state index in [0.717, 1.165) is 44.9 Å². The lowest BCUT2D eigenvalue weighted by Gasteiger charge is -2.28. The summed E-state index contributed by atoms with van der Waals surface area (Å²) in [6.07, 6.45) is 51.5. The van der Waals surface area contributed by atoms with Gasteiger partial charge in [-0.25, -0.2) is 0 Å². The molecule has 0 aromatic heterocycles. The number of aliphatic hydroxyl groups excluding tert-OH is 1. The third-order valence-corrected chi connectivity index (χ3v) is 9.77. The molecule has 9 nitrogen and oxygen atoms in total. The monoisotopic (exact) mass is 832 g/mol. The minimum absolute atomic E-state index is 0.00292. The highest BCUT2D eigenvalue weighted by Gasteiger charge is 2.19. The number of ether oxygens (including phenoxy) is 2. The maximum absolute atomic E-state index is 12.5. The molecule has 1 N–H and O–H groups in total. The largest absolute Gasteiger partial charge is 0.756 e. The number of nitrogens with zero attached hydrogens (tertiary/aromatic N) is 1. The SMILES string of the molecule is CC/C=C\CC(O)/C=C/C=C/C/C=C\C/C=C\C/C=C\CCC(=O)OC[C@H](COP(=O)([O-])OCC[N+](C)(C)C)O/C=C/CCCCCCCC/C=C\CCCCCC. The smallest absolute Gasteiger partial charge is 0.306 e. The second-order valence-corrected chi connectivity index (χ2v) is 17.0. The molecule has 2 unspecified atom stereocenters. The van der Waals surface area contributed by atoms with Gasteiger partial charge < -0.3 is 33.0 Å². The predicted molar refractivity (Wildman–Crippen MR) is 241 cm³/mol. The summed E-state index contributed by atoms with van der Waals surface area (Å²) >= 11 is 0. The Bertz CT molecular complexity index is 1260. The van der Waals surface area contributed by atoms with Crippen molar-refractivity contribution in [3.8, 4) is 0 Å². The number of aliphatic hydroxyl groups is 1. The molecule has 0 bridgehead atoms. The van der Waals surface area contributed by atoms with E-state index < -0.39 is 26.0 Å². The Morgan fingerprint density at radius 3 is 1.86 bits per heavy atom. The van der Waals surface area contributed by atoms with Crippen LogP contribution >= 0.6 is 7.82 Å². The molecule has 0 aliphatic carbocycles. The molecular formula is C48H82NO8P. The van der Waals surface area contributed by atoms with Gasteiger partial charge in [-0.15, -0.1) is 0 Å². The molecule has 0 heterocycles. The van der Waals surface area contributed by atoms with Gasteiger partial charge in [-0.3, -0.25) is 9.36 Å². The first-order valence-electron chi connectivity index (χ1n) is 22.1. The van der Waals surface area contributed by atoms with E-state index in [0.29, 0.717) is 23.9 Å². The summed E-state index contributed by atoms with van der Waals surface area (Å²) in [6, 6.07) is 0. The lowest BCUT2D eigenvalue weighted by molar-refractivity contribution is -0.870. The summed E-state index contributed by atoms with van der Waals surface area (Å²) in [5.41, 5.74) is 0. The number of carbonyl (C=O) groups excluding carboxylic acids is 1. The zero-order valence-corrected chi connectivity index (χ0v) is 38.0. The van der Waals surface area contributed by atoms with Crippen LogP contribution in [-0.2, 0) is 27.9 Å². The molecule has 0 aliphatic rings. The van der Waals surface area contributed by atoms with E-state index in [1.54, 1.807) is 12.3 Å². The zero-order valence-electron chi connectivity index (χ0n) is 37.1. The van der Waals surface area contributed by atoms with Crippen LogP contribution in [-0.4, -0.2) is 75.3 Å². The zero-order chi connectivity index (χ0) is 42.8. The van der Waals surface area contributed by atoms with Crippen molar-refractivity contribution in [1.29, 1.82) is 0 Å². The summed E-state index contributed by atoms with van der Waals surface area (Å²) in [5.74, 6) is -0.393. The van der Waals surface area contributed by atoms with Crippen LogP contribution in [0.1, 0.15) is 142 Å². The van der Waals surface area contributed by atoms with E-state index in [2.05, 4.69) is 56.4 Å². The quantitative estimate of drug-likeness (QED) is 0.0124. The lowest BCUT2D eigenvalue weighted by atomic mass is 10.1. The summed E-state index contributed by atoms with van der Waals surface area (Å²) in [5, 5.41) is 9.84. The van der Waals surface area contributed by atoms with Gasteiger partial charge in [0.15, 0.2) is 6.10 Å². The molecule has 0 saturated carbocycles. The molecule has 3 atom stereocenters. The highest BCUT2D eigenvalue weighted by Crippen LogP contribution is 2.38. The van der Waals surface area contributed by atoms with Crippen LogP contribution in [0.2, 0.25) is 0 Å². The number of hydrogen-bond donors (Lipinski definition) is 1. The number of phosphoric acid groups is 1. The summed E-state index contributed by atoms with van der Waals surface area (Å²) in [4.78, 5) is 24.8. The maximum Gasteiger partial charge on any atom is 0.306 e. The molecule has 58 heavy (non-hydrogen) atoms. The van der Waals surface area contributed by atoms with Crippen molar-refractivity contribution in [2.24, 2.45) is 0 Å². The fourth-order valence-corrected chi connectivity index (χ4v) is 6.01. The summed E-state index contributed by atoms with van der Waals surface area (Å²) < 4.78 is 34.2. The second-order valence-electron chi connectivity index (χ2n) is 15.6. The maximum atomic E-state index is 12.5. The molecule has 0 saturated heterocycles. The van der Waals surface area contributed by atoms with Crippen molar-refractivity contribution in [1.82, 2.24) is 0 Å². The van der Waals surface area contributed by atoms with Crippen LogP contribution in [0, 0.1) is 0 Å². The van der Waals surface area contributed by atoms with Crippen molar-refractivity contribution in [2.45, 2.75) is 154 Å². The third kappa shape index (κ3) is 42.8. The molecule has 0 aromatic carbocycles. The number of quaternary nitrogens is 1. The molecule has 0 fully saturated rings. The first-order valence-corrected chi connectivity index (χ1v) is 23.6. The lowest BCUT2D eigenvalue weighted by Crippen LogP contribution is -2.37. The van der Waals surface area contributed by atoms with Crippen LogP contribution in [0.25, 0.3) is 0 Å². The standard InChI is InChI=1S/C48H82NO8P/c1-6-8-10-11-12-13-14-15-16-17-21-24-27-30-33-37-42-54-47(45-57-58(52,53)56-43-41-49(3,4)5)44-55-48(51)40-36-32-29-26-23-20-18-19-22-25-28-31-35-39-46(50)38-34-9-7-2/h9,13-14,19-20,22-23,28-29,31-32,34-35,37,39,42,46-47,50H,6-8,10-12,15-18,21,24-27,30,33,36,38,40-41,43-45H2,1-5H3/b14-13-,22-19-,23-20-,31-28+,32-29-,34-9-,39-35+,42-37+/t46?,47-/m1/s1. The molecule has 0 spiro atoms. The normalized spacial score (nSPS) is 15.2. The highest BCUT2D eigenvalue weighted by molar-refractivity contribution is 7.45. The number of allylic oxidation sites excluding steroid dienone is 13. The Morgan fingerprint density at radius 1 is 0.672 bits per heavy atom. The van der Waals surface area contributed by atoms with E-state index in [9.17, 15) is 19.4 Å². The van der Waals surface area contributed by atoms with Crippen LogP contribution < -0.4 is 4.89 Å². The number of phosphoric ester groups is 1. The van der Waals surface area contributed by atoms with Gasteiger partial charge in [0.25, 0.3) is 7.82 Å². The summed E-state index contributed by atoms with van der Waals surface area (Å²) in [7, 11) is 1.28. The number of rotatable bonds is 39. The second kappa shape index (κ2) is 39.7. The van der Waals surface area contributed by atoms with Crippen LogP contribution in [0.3, 0.4) is 0 Å². The van der Waals surface area contributed by atoms with Gasteiger partial charge in [-0.05, 0) is 83.1 Å². The van der Waals surface area contributed by atoms with Gasteiger partial charge in [-0.2, -0.15) is 0 Å². The van der Waals surface area contributed by atoms with E-state index in [1.807, 2.05) is 63.7 Å². The Balaban J connectivity index is 4.47. The molecule has 10 heteroatoms. The van der Waals surface area contributed by atoms with Gasteiger partial charge in [0.1, 0.15) is 19.8 Å². The average Bonchev–Trinajstić information content (AvgIpc) is 3.17. The topological polar surface area (TPSA) is 114 Å². The van der Waals surface area contributed by atoms with Gasteiger partial charge in [0.2, 0.25) is 0 Å². The molecule has 332 valence electrons. The highest BCUT2D eigenvalue weighted by atomic mass is 31.2. The van der Waals surface area contributed by atoms with Crippen molar-refractivity contribution in [2.75, 3.05) is 47.5 Å². The molecule has 0 amide bonds. The third-order valence-electron chi connectivity index (χ3n) is 8.80. The van der Waals surface area contributed by atoms with Gasteiger partial charge in [0.05, 0.1) is 40.1 Å². The number of hydrogen-bond acceptors (Lipinski definition) is 8. The fraction of sp³-hybridized carbons (Fsp3) is 0.646. The van der Waals surface area contributed by atoms with E-state index in [-0.39, 0.29) is 26.2 Å². The minimum atomic E-state index is -4.55. The summed E-state index contributed by atoms with van der Waals surface area (Å²) in [6.45, 7) is 4.36. The van der Waals surface area contributed by atoms with Gasteiger partial charge in [0, 0.05) is 6.42 Å². The van der Waals surface area contributed by atoms with Crippen molar-refractivity contribution < 1.29 is 42.4 Å². The van der Waals surface area contributed by atoms with E-state index >= 15 is 0 Å². The van der Waals surface area contributed by atoms with Gasteiger partial charge >= 0.3 is 5.97 Å². The average molecular weight is 832 g/mol. The van der Waals surface area contributed by atoms with Crippen molar-refractivity contribution in [3.05, 3.63) is 97.4 Å². The Hall–Kier alpha value is -2.78. The number of likely N-dealkylation sites (N-methyl/N-ethyl adjacent to an activating group) is 1. The van der Waals surface area contributed by atoms with Crippen LogP contribution in [0.5, 0.6) is 0 Å².